The molecular formula is C23H20ClN5OS. The van der Waals surface area contributed by atoms with Crippen LogP contribution in [-0.4, -0.2) is 31.4 Å². The van der Waals surface area contributed by atoms with Crippen molar-refractivity contribution in [3.8, 4) is 17.2 Å². The molecule has 0 spiro atoms. The van der Waals surface area contributed by atoms with Crippen LogP contribution in [0.2, 0.25) is 5.02 Å². The van der Waals surface area contributed by atoms with Gasteiger partial charge in [-0.2, -0.15) is 0 Å². The predicted molar refractivity (Wildman–Crippen MR) is 125 cm³/mol. The highest BCUT2D eigenvalue weighted by atomic mass is 35.5. The Bertz CT molecular complexity index is 1180. The number of aromatic nitrogens is 4. The number of nitrogens with zero attached hydrogens (tertiary/aromatic N) is 4. The van der Waals surface area contributed by atoms with E-state index in [4.69, 9.17) is 11.6 Å². The van der Waals surface area contributed by atoms with Crippen molar-refractivity contribution < 1.29 is 4.79 Å². The van der Waals surface area contributed by atoms with Gasteiger partial charge in [0.05, 0.1) is 5.75 Å². The molecular weight excluding hydrogens is 430 g/mol. The van der Waals surface area contributed by atoms with E-state index in [0.717, 1.165) is 23.4 Å². The lowest BCUT2D eigenvalue weighted by molar-refractivity contribution is -0.113. The van der Waals surface area contributed by atoms with Gasteiger partial charge in [-0.1, -0.05) is 54.6 Å². The van der Waals surface area contributed by atoms with Gasteiger partial charge in [-0.15, -0.1) is 10.2 Å². The summed E-state index contributed by atoms with van der Waals surface area (Å²) in [6, 6.07) is 20.8. The summed E-state index contributed by atoms with van der Waals surface area (Å²) >= 11 is 7.38. The van der Waals surface area contributed by atoms with Crippen LogP contribution in [0.3, 0.4) is 0 Å². The van der Waals surface area contributed by atoms with Crippen LogP contribution in [0.15, 0.2) is 78.1 Å². The fourth-order valence-electron chi connectivity index (χ4n) is 3.11. The average molecular weight is 450 g/mol. The number of nitrogens with one attached hydrogen (secondary N) is 1. The van der Waals surface area contributed by atoms with E-state index in [1.165, 1.54) is 11.8 Å². The highest BCUT2D eigenvalue weighted by Crippen LogP contribution is 2.28. The normalized spacial score (nSPS) is 10.8. The van der Waals surface area contributed by atoms with Crippen molar-refractivity contribution in [2.45, 2.75) is 18.5 Å². The van der Waals surface area contributed by atoms with Gasteiger partial charge in [0, 0.05) is 22.6 Å². The maximum absolute atomic E-state index is 12.6. The molecule has 0 saturated heterocycles. The molecule has 1 amide bonds. The van der Waals surface area contributed by atoms with Crippen LogP contribution < -0.4 is 5.32 Å². The summed E-state index contributed by atoms with van der Waals surface area (Å²) in [5, 5.41) is 12.9. The minimum atomic E-state index is -0.101. The molecule has 0 unspecified atom stereocenters. The molecule has 0 bridgehead atoms. The maximum Gasteiger partial charge on any atom is 0.234 e. The highest BCUT2D eigenvalue weighted by Gasteiger charge is 2.18. The first-order chi connectivity index (χ1) is 15.2. The smallest absolute Gasteiger partial charge is 0.234 e. The summed E-state index contributed by atoms with van der Waals surface area (Å²) in [6.07, 6.45) is 2.56. The maximum atomic E-state index is 12.6. The fraction of sp³-hybridized carbons (Fsp3) is 0.130. The predicted octanol–water partition coefficient (Wildman–Crippen LogP) is 5.28. The lowest BCUT2D eigenvalue weighted by Gasteiger charge is -2.11. The van der Waals surface area contributed by atoms with Crippen molar-refractivity contribution in [1.29, 1.82) is 0 Å². The molecule has 0 aliphatic heterocycles. The monoisotopic (exact) mass is 449 g/mol. The van der Waals surface area contributed by atoms with Gasteiger partial charge in [-0.3, -0.25) is 14.3 Å². The average Bonchev–Trinajstić information content (AvgIpc) is 3.23. The van der Waals surface area contributed by atoms with Gasteiger partial charge in [0.15, 0.2) is 11.0 Å². The van der Waals surface area contributed by atoms with Crippen molar-refractivity contribution in [3.63, 3.8) is 0 Å². The minimum absolute atomic E-state index is 0.101. The van der Waals surface area contributed by atoms with E-state index >= 15 is 0 Å². The van der Waals surface area contributed by atoms with Gasteiger partial charge in [-0.05, 0) is 54.4 Å². The van der Waals surface area contributed by atoms with Gasteiger partial charge in [0.1, 0.15) is 5.69 Å². The Balaban J connectivity index is 1.59. The number of aryl methyl sites for hydroxylation is 1. The standard InChI is InChI=1S/C23H20ClN5OS/c1-2-16-7-3-4-8-19(16)26-21(30)15-31-23-28-27-22(20-9-5-6-14-25-20)29(23)18-12-10-17(24)11-13-18/h3-14H,2,15H2,1H3,(H,26,30). The lowest BCUT2D eigenvalue weighted by Crippen LogP contribution is -2.15. The number of anilines is 1. The van der Waals surface area contributed by atoms with E-state index in [1.807, 2.05) is 71.3 Å². The van der Waals surface area contributed by atoms with Crippen LogP contribution >= 0.6 is 23.4 Å². The Morgan fingerprint density at radius 1 is 1.03 bits per heavy atom. The van der Waals surface area contributed by atoms with Crippen LogP contribution in [0.5, 0.6) is 0 Å². The highest BCUT2D eigenvalue weighted by molar-refractivity contribution is 7.99. The van der Waals surface area contributed by atoms with E-state index in [2.05, 4.69) is 27.4 Å². The van der Waals surface area contributed by atoms with Crippen molar-refractivity contribution in [3.05, 3.63) is 83.5 Å². The lowest BCUT2D eigenvalue weighted by atomic mass is 10.1. The molecule has 0 atom stereocenters. The van der Waals surface area contributed by atoms with Gasteiger partial charge in [-0.25, -0.2) is 0 Å². The zero-order chi connectivity index (χ0) is 21.6. The van der Waals surface area contributed by atoms with E-state index in [1.54, 1.807) is 6.20 Å². The third kappa shape index (κ3) is 4.95. The Hall–Kier alpha value is -3.16. The molecule has 156 valence electrons. The Kier molecular flexibility index (Phi) is 6.64. The summed E-state index contributed by atoms with van der Waals surface area (Å²) in [4.78, 5) is 17.0. The minimum Gasteiger partial charge on any atom is -0.325 e. The molecule has 0 aliphatic rings. The number of rotatable bonds is 7. The Morgan fingerprint density at radius 3 is 2.55 bits per heavy atom. The number of carbonyl (C=O) groups is 1. The third-order valence-electron chi connectivity index (χ3n) is 4.62. The van der Waals surface area contributed by atoms with Crippen LogP contribution in [0.4, 0.5) is 5.69 Å². The SMILES string of the molecule is CCc1ccccc1NC(=O)CSc1nnc(-c2ccccn2)n1-c1ccc(Cl)cc1. The number of pyridine rings is 1. The molecule has 0 radical (unpaired) electrons. The molecule has 2 aromatic heterocycles. The van der Waals surface area contributed by atoms with Crippen molar-refractivity contribution in [2.75, 3.05) is 11.1 Å². The van der Waals surface area contributed by atoms with Crippen LogP contribution in [0.1, 0.15) is 12.5 Å². The van der Waals surface area contributed by atoms with Crippen LogP contribution in [-0.2, 0) is 11.2 Å². The molecule has 0 fully saturated rings. The van der Waals surface area contributed by atoms with E-state index in [0.29, 0.717) is 21.7 Å². The molecule has 0 saturated carbocycles. The molecule has 4 rings (SSSR count). The molecule has 2 aromatic carbocycles. The van der Waals surface area contributed by atoms with E-state index in [9.17, 15) is 4.79 Å². The van der Waals surface area contributed by atoms with E-state index < -0.39 is 0 Å². The van der Waals surface area contributed by atoms with Crippen molar-refractivity contribution in [1.82, 2.24) is 19.7 Å². The summed E-state index contributed by atoms with van der Waals surface area (Å²) < 4.78 is 1.89. The molecule has 6 nitrogen and oxygen atoms in total. The summed E-state index contributed by atoms with van der Waals surface area (Å²) in [5.74, 6) is 0.699. The number of hydrogen-bond acceptors (Lipinski definition) is 5. The second kappa shape index (κ2) is 9.76. The molecule has 31 heavy (non-hydrogen) atoms. The van der Waals surface area contributed by atoms with Gasteiger partial charge < -0.3 is 5.32 Å². The van der Waals surface area contributed by atoms with Crippen LogP contribution in [0.25, 0.3) is 17.2 Å². The number of benzene rings is 2. The quantitative estimate of drug-likeness (QED) is 0.389. The van der Waals surface area contributed by atoms with Crippen molar-refractivity contribution in [2.24, 2.45) is 0 Å². The summed E-state index contributed by atoms with van der Waals surface area (Å²) in [5.41, 5.74) is 3.47. The van der Waals surface area contributed by atoms with Gasteiger partial charge >= 0.3 is 0 Å². The van der Waals surface area contributed by atoms with Gasteiger partial charge in [0.25, 0.3) is 0 Å². The zero-order valence-electron chi connectivity index (χ0n) is 16.8. The summed E-state index contributed by atoms with van der Waals surface area (Å²) in [7, 11) is 0. The molecule has 4 aromatic rings. The number of carbonyl (C=O) groups excluding carboxylic acids is 1. The van der Waals surface area contributed by atoms with Crippen LogP contribution in [0, 0.1) is 0 Å². The number of amides is 1. The first kappa shape index (κ1) is 21.1. The third-order valence-corrected chi connectivity index (χ3v) is 5.80. The zero-order valence-corrected chi connectivity index (χ0v) is 18.4. The topological polar surface area (TPSA) is 72.7 Å². The number of para-hydroxylation sites is 1. The first-order valence-corrected chi connectivity index (χ1v) is 11.2. The van der Waals surface area contributed by atoms with E-state index in [-0.39, 0.29) is 11.7 Å². The Labute approximate surface area is 189 Å². The largest absolute Gasteiger partial charge is 0.325 e. The molecule has 2 heterocycles. The number of hydrogen-bond donors (Lipinski definition) is 1. The van der Waals surface area contributed by atoms with Gasteiger partial charge in [0.2, 0.25) is 5.91 Å². The molecule has 8 heteroatoms. The second-order valence-electron chi connectivity index (χ2n) is 6.68. The first-order valence-electron chi connectivity index (χ1n) is 9.79. The second-order valence-corrected chi connectivity index (χ2v) is 8.06. The Morgan fingerprint density at radius 2 is 1.81 bits per heavy atom. The number of halogens is 1. The number of thioether (sulfide) groups is 1. The molecule has 0 aliphatic carbocycles. The fourth-order valence-corrected chi connectivity index (χ4v) is 3.99. The van der Waals surface area contributed by atoms with Crippen molar-refractivity contribution >= 4 is 35.0 Å². The summed E-state index contributed by atoms with van der Waals surface area (Å²) in [6.45, 7) is 2.06. The molecule has 1 N–H and O–H groups in total.